The van der Waals surface area contributed by atoms with Gasteiger partial charge in [-0.3, -0.25) is 9.69 Å². The van der Waals surface area contributed by atoms with Gasteiger partial charge in [-0.1, -0.05) is 6.07 Å². The first-order valence-electron chi connectivity index (χ1n) is 7.10. The maximum Gasteiger partial charge on any atom is 0.290 e. The van der Waals surface area contributed by atoms with Crippen LogP contribution < -0.4 is 10.9 Å². The molecule has 0 aromatic carbocycles. The number of aromatic nitrogens is 3. The van der Waals surface area contributed by atoms with Crippen molar-refractivity contribution in [1.82, 2.24) is 19.7 Å². The molecule has 21 heavy (non-hydrogen) atoms. The third-order valence-corrected chi connectivity index (χ3v) is 3.96. The second kappa shape index (κ2) is 5.65. The van der Waals surface area contributed by atoms with Gasteiger partial charge in [-0.25, -0.2) is 9.67 Å². The van der Waals surface area contributed by atoms with E-state index >= 15 is 0 Å². The van der Waals surface area contributed by atoms with Crippen molar-refractivity contribution in [2.24, 2.45) is 7.05 Å². The lowest BCUT2D eigenvalue weighted by Gasteiger charge is -2.19. The highest BCUT2D eigenvalue weighted by Gasteiger charge is 2.22. The van der Waals surface area contributed by atoms with E-state index in [4.69, 9.17) is 0 Å². The van der Waals surface area contributed by atoms with Crippen LogP contribution in [0.2, 0.25) is 0 Å². The normalized spacial score (nSPS) is 18.9. The van der Waals surface area contributed by atoms with Gasteiger partial charge >= 0.3 is 0 Å². The average molecular weight is 285 g/mol. The van der Waals surface area contributed by atoms with Gasteiger partial charge in [0, 0.05) is 25.5 Å². The lowest BCUT2D eigenvalue weighted by molar-refractivity contribution is 0.317. The fourth-order valence-corrected chi connectivity index (χ4v) is 2.75. The van der Waals surface area contributed by atoms with E-state index in [9.17, 15) is 4.79 Å². The van der Waals surface area contributed by atoms with Gasteiger partial charge in [-0.05, 0) is 44.1 Å². The van der Waals surface area contributed by atoms with E-state index in [1.807, 2.05) is 12.3 Å². The minimum atomic E-state index is -0.168. The third-order valence-electron chi connectivity index (χ3n) is 3.96. The summed E-state index contributed by atoms with van der Waals surface area (Å²) in [7, 11) is 3.77. The first kappa shape index (κ1) is 13.8. The Morgan fingerprint density at radius 2 is 2.14 bits per heavy atom. The second-order valence-electron chi connectivity index (χ2n) is 5.41. The highest BCUT2D eigenvalue weighted by atomic mass is 16.1. The molecule has 0 radical (unpaired) electrons. The van der Waals surface area contributed by atoms with Crippen molar-refractivity contribution in [3.8, 4) is 0 Å². The molecule has 0 amide bonds. The van der Waals surface area contributed by atoms with Crippen molar-refractivity contribution in [2.75, 3.05) is 18.9 Å². The Morgan fingerprint density at radius 1 is 1.29 bits per heavy atom. The maximum absolute atomic E-state index is 11.9. The lowest BCUT2D eigenvalue weighted by atomic mass is 10.1. The molecule has 6 nitrogen and oxygen atoms in total. The summed E-state index contributed by atoms with van der Waals surface area (Å²) in [6, 6.07) is 6.11. The van der Waals surface area contributed by atoms with Crippen LogP contribution >= 0.6 is 0 Å². The van der Waals surface area contributed by atoms with Crippen molar-refractivity contribution < 1.29 is 0 Å². The number of hydrogen-bond acceptors (Lipinski definition) is 5. The van der Waals surface area contributed by atoms with E-state index in [1.54, 1.807) is 19.3 Å². The molecule has 3 rings (SSSR count). The number of nitrogens with zero attached hydrogens (tertiary/aromatic N) is 4. The minimum absolute atomic E-state index is 0.168. The molecule has 0 spiro atoms. The molecule has 3 heterocycles. The number of aryl methyl sites for hydroxylation is 1. The molecule has 1 aliphatic heterocycles. The smallest absolute Gasteiger partial charge is 0.290 e. The Hall–Kier alpha value is -2.21. The zero-order valence-electron chi connectivity index (χ0n) is 12.3. The molecule has 1 atom stereocenters. The molecule has 0 bridgehead atoms. The van der Waals surface area contributed by atoms with Crippen LogP contribution in [0, 0.1) is 0 Å². The van der Waals surface area contributed by atoms with Gasteiger partial charge in [0.15, 0.2) is 0 Å². The molecule has 6 heteroatoms. The molecule has 0 saturated carbocycles. The molecule has 1 fully saturated rings. The highest BCUT2D eigenvalue weighted by molar-refractivity contribution is 5.54. The van der Waals surface area contributed by atoms with E-state index in [0.29, 0.717) is 17.5 Å². The molecule has 110 valence electrons. The standard InChI is InChI=1S/C15H19N5O/c1-19-9-3-4-13(19)11-5-6-14(16-10-11)18-12-7-8-17-20(2)15(12)21/h5-8,10,13H,3-4,9H2,1-2H3,(H,16,18)/t13-/m0/s1. The van der Waals surface area contributed by atoms with Crippen LogP contribution in [0.25, 0.3) is 0 Å². The highest BCUT2D eigenvalue weighted by Crippen LogP contribution is 2.30. The van der Waals surface area contributed by atoms with Crippen LogP contribution in [-0.2, 0) is 7.05 Å². The van der Waals surface area contributed by atoms with Crippen molar-refractivity contribution in [2.45, 2.75) is 18.9 Å². The lowest BCUT2D eigenvalue weighted by Crippen LogP contribution is -2.21. The largest absolute Gasteiger partial charge is 0.336 e. The summed E-state index contributed by atoms with van der Waals surface area (Å²) in [4.78, 5) is 18.7. The zero-order valence-corrected chi connectivity index (χ0v) is 12.3. The van der Waals surface area contributed by atoms with Gasteiger partial charge in [0.25, 0.3) is 5.56 Å². The fraction of sp³-hybridized carbons (Fsp3) is 0.400. The van der Waals surface area contributed by atoms with Gasteiger partial charge < -0.3 is 5.32 Å². The molecule has 2 aromatic heterocycles. The van der Waals surface area contributed by atoms with Gasteiger partial charge in [0.2, 0.25) is 0 Å². The number of hydrogen-bond donors (Lipinski definition) is 1. The quantitative estimate of drug-likeness (QED) is 0.929. The van der Waals surface area contributed by atoms with Crippen LogP contribution in [0.15, 0.2) is 35.4 Å². The Bertz CT molecular complexity index is 679. The van der Waals surface area contributed by atoms with Gasteiger partial charge in [0.05, 0.1) is 0 Å². The van der Waals surface area contributed by atoms with Crippen LogP contribution in [0.5, 0.6) is 0 Å². The van der Waals surface area contributed by atoms with E-state index in [2.05, 4.69) is 33.4 Å². The van der Waals surface area contributed by atoms with E-state index in [-0.39, 0.29) is 5.56 Å². The first-order chi connectivity index (χ1) is 10.1. The summed E-state index contributed by atoms with van der Waals surface area (Å²) in [6.07, 6.45) is 5.89. The summed E-state index contributed by atoms with van der Waals surface area (Å²) in [5.74, 6) is 0.669. The Morgan fingerprint density at radius 3 is 2.81 bits per heavy atom. The zero-order chi connectivity index (χ0) is 14.8. The monoisotopic (exact) mass is 285 g/mol. The second-order valence-corrected chi connectivity index (χ2v) is 5.41. The van der Waals surface area contributed by atoms with E-state index in [0.717, 1.165) is 6.54 Å². The Labute approximate surface area is 123 Å². The molecule has 1 aliphatic rings. The van der Waals surface area contributed by atoms with Gasteiger partial charge in [0.1, 0.15) is 11.5 Å². The maximum atomic E-state index is 11.9. The molecule has 1 N–H and O–H groups in total. The topological polar surface area (TPSA) is 63.1 Å². The number of pyridine rings is 1. The van der Waals surface area contributed by atoms with Gasteiger partial charge in [-0.15, -0.1) is 0 Å². The molecule has 1 saturated heterocycles. The van der Waals surface area contributed by atoms with Crippen LogP contribution in [-0.4, -0.2) is 33.3 Å². The summed E-state index contributed by atoms with van der Waals surface area (Å²) >= 11 is 0. The van der Waals surface area contributed by atoms with Crippen molar-refractivity contribution in [3.05, 3.63) is 46.5 Å². The Kier molecular flexibility index (Phi) is 3.70. The van der Waals surface area contributed by atoms with Gasteiger partial charge in [-0.2, -0.15) is 5.10 Å². The van der Waals surface area contributed by atoms with Crippen molar-refractivity contribution >= 4 is 11.5 Å². The number of rotatable bonds is 3. The number of likely N-dealkylation sites (tertiary alicyclic amines) is 1. The minimum Gasteiger partial charge on any atom is -0.336 e. The average Bonchev–Trinajstić information content (AvgIpc) is 2.91. The molecular formula is C15H19N5O. The molecule has 0 aliphatic carbocycles. The van der Waals surface area contributed by atoms with E-state index < -0.39 is 0 Å². The summed E-state index contributed by atoms with van der Waals surface area (Å²) in [6.45, 7) is 1.14. The summed E-state index contributed by atoms with van der Waals surface area (Å²) < 4.78 is 1.30. The number of nitrogens with one attached hydrogen (secondary N) is 1. The van der Waals surface area contributed by atoms with Crippen molar-refractivity contribution in [1.29, 1.82) is 0 Å². The Balaban J connectivity index is 1.78. The summed E-state index contributed by atoms with van der Waals surface area (Å²) in [5.41, 5.74) is 1.54. The summed E-state index contributed by atoms with van der Waals surface area (Å²) in [5, 5.41) is 6.94. The van der Waals surface area contributed by atoms with Crippen LogP contribution in [0.3, 0.4) is 0 Å². The first-order valence-corrected chi connectivity index (χ1v) is 7.10. The van der Waals surface area contributed by atoms with Crippen molar-refractivity contribution in [3.63, 3.8) is 0 Å². The SMILES string of the molecule is CN1CCC[C@H]1c1ccc(Nc2ccnn(C)c2=O)nc1. The fourth-order valence-electron chi connectivity index (χ4n) is 2.75. The van der Waals surface area contributed by atoms with E-state index in [1.165, 1.54) is 23.1 Å². The predicted octanol–water partition coefficient (Wildman–Crippen LogP) is 1.69. The third kappa shape index (κ3) is 2.80. The molecule has 2 aromatic rings. The van der Waals surface area contributed by atoms with Crippen LogP contribution in [0.1, 0.15) is 24.4 Å². The molecular weight excluding hydrogens is 266 g/mol. The van der Waals surface area contributed by atoms with Crippen LogP contribution in [0.4, 0.5) is 11.5 Å². The molecule has 0 unspecified atom stereocenters. The number of anilines is 2. The predicted molar refractivity (Wildman–Crippen MR) is 81.6 cm³/mol.